The molecule has 0 spiro atoms. The molecule has 3 rings (SSSR count). The van der Waals surface area contributed by atoms with Crippen LogP contribution in [0.4, 0.5) is 0 Å². The molecule has 0 amide bonds. The average Bonchev–Trinajstić information content (AvgIpc) is 3.15. The summed E-state index contributed by atoms with van der Waals surface area (Å²) in [5.41, 5.74) is 0.435. The maximum Gasteiger partial charge on any atom is 0.182 e. The number of carbonyl (C=O) groups excluding carboxylic acids is 1. The van der Waals surface area contributed by atoms with E-state index >= 15 is 0 Å². The third-order valence-electron chi connectivity index (χ3n) is 4.93. The summed E-state index contributed by atoms with van der Waals surface area (Å²) in [5.74, 6) is 1.12. The fourth-order valence-corrected chi connectivity index (χ4v) is 3.11. The van der Waals surface area contributed by atoms with Gasteiger partial charge in [-0.2, -0.15) is 0 Å². The van der Waals surface area contributed by atoms with E-state index in [4.69, 9.17) is 4.74 Å². The van der Waals surface area contributed by atoms with Crippen molar-refractivity contribution >= 4 is 5.78 Å². The second kappa shape index (κ2) is 5.80. The van der Waals surface area contributed by atoms with Crippen LogP contribution in [0, 0.1) is 0 Å². The molecule has 3 heteroatoms. The van der Waals surface area contributed by atoms with E-state index in [-0.39, 0.29) is 11.3 Å². The Bertz CT molecular complexity index is 500. The molecule has 3 nitrogen and oxygen atoms in total. The zero-order chi connectivity index (χ0) is 14.9. The Hall–Kier alpha value is -1.35. The standard InChI is InChI=1S/C18H25NO2/c1-3-18(2,19-12-4-5-13-19)17(20)14-6-8-15(9-7-14)21-16-10-11-16/h6-9,16H,3-5,10-13H2,1-2H3. The van der Waals surface area contributed by atoms with E-state index < -0.39 is 0 Å². The number of likely N-dealkylation sites (tertiary alicyclic amines) is 1. The molecule has 0 bridgehead atoms. The Morgan fingerprint density at radius 2 is 1.86 bits per heavy atom. The Balaban J connectivity index is 1.75. The maximum atomic E-state index is 12.9. The van der Waals surface area contributed by atoms with Gasteiger partial charge in [-0.05, 0) is 76.4 Å². The van der Waals surface area contributed by atoms with Crippen molar-refractivity contribution in [3.8, 4) is 5.75 Å². The summed E-state index contributed by atoms with van der Waals surface area (Å²) in [7, 11) is 0. The second-order valence-corrected chi connectivity index (χ2v) is 6.49. The molecular formula is C18H25NO2. The van der Waals surface area contributed by atoms with E-state index in [2.05, 4.69) is 18.7 Å². The Morgan fingerprint density at radius 3 is 2.38 bits per heavy atom. The molecule has 1 aliphatic carbocycles. The largest absolute Gasteiger partial charge is 0.490 e. The van der Waals surface area contributed by atoms with Crippen molar-refractivity contribution in [1.29, 1.82) is 0 Å². The van der Waals surface area contributed by atoms with Gasteiger partial charge in [-0.25, -0.2) is 0 Å². The average molecular weight is 287 g/mol. The summed E-state index contributed by atoms with van der Waals surface area (Å²) in [6.07, 6.45) is 5.98. The molecule has 0 aromatic heterocycles. The highest BCUT2D eigenvalue weighted by molar-refractivity contribution is 6.03. The van der Waals surface area contributed by atoms with Crippen LogP contribution in [0.15, 0.2) is 24.3 Å². The van der Waals surface area contributed by atoms with Gasteiger partial charge in [-0.1, -0.05) is 6.92 Å². The van der Waals surface area contributed by atoms with Crippen LogP contribution in [-0.4, -0.2) is 35.4 Å². The van der Waals surface area contributed by atoms with E-state index in [0.29, 0.717) is 6.10 Å². The van der Waals surface area contributed by atoms with Gasteiger partial charge in [0.1, 0.15) is 5.75 Å². The minimum Gasteiger partial charge on any atom is -0.490 e. The van der Waals surface area contributed by atoms with Crippen LogP contribution in [-0.2, 0) is 0 Å². The lowest BCUT2D eigenvalue weighted by molar-refractivity contribution is 0.0647. The molecule has 1 unspecified atom stereocenters. The predicted molar refractivity (Wildman–Crippen MR) is 83.9 cm³/mol. The molecule has 1 atom stereocenters. The van der Waals surface area contributed by atoms with E-state index in [0.717, 1.165) is 43.7 Å². The molecule has 0 N–H and O–H groups in total. The van der Waals surface area contributed by atoms with Crippen molar-refractivity contribution in [2.45, 2.75) is 57.6 Å². The van der Waals surface area contributed by atoms with Crippen LogP contribution in [0.5, 0.6) is 5.75 Å². The normalized spacial score (nSPS) is 22.0. The van der Waals surface area contributed by atoms with Gasteiger partial charge in [-0.3, -0.25) is 9.69 Å². The lowest BCUT2D eigenvalue weighted by Crippen LogP contribution is -2.50. The molecule has 1 aromatic carbocycles. The molecule has 2 fully saturated rings. The highest BCUT2D eigenvalue weighted by Crippen LogP contribution is 2.30. The van der Waals surface area contributed by atoms with Gasteiger partial charge in [0.05, 0.1) is 11.6 Å². The molecule has 0 radical (unpaired) electrons. The summed E-state index contributed by atoms with van der Waals surface area (Å²) in [4.78, 5) is 15.3. The van der Waals surface area contributed by atoms with E-state index in [9.17, 15) is 4.79 Å². The SMILES string of the molecule is CCC(C)(C(=O)c1ccc(OC2CC2)cc1)N1CCCC1. The van der Waals surface area contributed by atoms with Gasteiger partial charge < -0.3 is 4.74 Å². The fraction of sp³-hybridized carbons (Fsp3) is 0.611. The number of benzene rings is 1. The van der Waals surface area contributed by atoms with Gasteiger partial charge in [0.2, 0.25) is 0 Å². The number of hydrogen-bond acceptors (Lipinski definition) is 3. The monoisotopic (exact) mass is 287 g/mol. The highest BCUT2D eigenvalue weighted by atomic mass is 16.5. The summed E-state index contributed by atoms with van der Waals surface area (Å²) in [6.45, 7) is 6.29. The minimum absolute atomic E-state index is 0.241. The lowest BCUT2D eigenvalue weighted by Gasteiger charge is -2.36. The van der Waals surface area contributed by atoms with Crippen LogP contribution in [0.1, 0.15) is 56.3 Å². The van der Waals surface area contributed by atoms with Crippen molar-refractivity contribution in [3.63, 3.8) is 0 Å². The third-order valence-corrected chi connectivity index (χ3v) is 4.93. The lowest BCUT2D eigenvalue weighted by atomic mass is 9.87. The molecule has 1 aliphatic heterocycles. The van der Waals surface area contributed by atoms with Gasteiger partial charge >= 0.3 is 0 Å². The van der Waals surface area contributed by atoms with E-state index in [1.165, 1.54) is 12.8 Å². The molecule has 1 aromatic rings. The van der Waals surface area contributed by atoms with E-state index in [1.54, 1.807) is 0 Å². The predicted octanol–water partition coefficient (Wildman–Crippen LogP) is 3.68. The third kappa shape index (κ3) is 2.98. The first-order valence-corrected chi connectivity index (χ1v) is 8.20. The highest BCUT2D eigenvalue weighted by Gasteiger charge is 2.39. The molecule has 1 heterocycles. The summed E-state index contributed by atoms with van der Waals surface area (Å²) < 4.78 is 5.75. The Kier molecular flexibility index (Phi) is 4.03. The minimum atomic E-state index is -0.366. The number of rotatable bonds is 6. The number of ketones is 1. The zero-order valence-electron chi connectivity index (χ0n) is 13.1. The number of hydrogen-bond donors (Lipinski definition) is 0. The number of Topliss-reactive ketones (excluding diaryl/α,β-unsaturated/α-hetero) is 1. The topological polar surface area (TPSA) is 29.5 Å². The molecule has 2 aliphatic rings. The summed E-state index contributed by atoms with van der Waals surface area (Å²) >= 11 is 0. The van der Waals surface area contributed by atoms with Gasteiger partial charge in [0.15, 0.2) is 5.78 Å². The van der Waals surface area contributed by atoms with Crippen molar-refractivity contribution in [2.24, 2.45) is 0 Å². The number of carbonyl (C=O) groups is 1. The smallest absolute Gasteiger partial charge is 0.182 e. The zero-order valence-corrected chi connectivity index (χ0v) is 13.1. The van der Waals surface area contributed by atoms with Gasteiger partial charge in [0, 0.05) is 5.56 Å². The van der Waals surface area contributed by atoms with Gasteiger partial charge in [0.25, 0.3) is 0 Å². The second-order valence-electron chi connectivity index (χ2n) is 6.49. The van der Waals surface area contributed by atoms with Crippen LogP contribution in [0.25, 0.3) is 0 Å². The van der Waals surface area contributed by atoms with Crippen molar-refractivity contribution in [3.05, 3.63) is 29.8 Å². The van der Waals surface area contributed by atoms with Gasteiger partial charge in [-0.15, -0.1) is 0 Å². The molecular weight excluding hydrogens is 262 g/mol. The van der Waals surface area contributed by atoms with E-state index in [1.807, 2.05) is 24.3 Å². The first kappa shape index (κ1) is 14.6. The van der Waals surface area contributed by atoms with Crippen LogP contribution in [0.3, 0.4) is 0 Å². The van der Waals surface area contributed by atoms with Crippen molar-refractivity contribution in [1.82, 2.24) is 4.90 Å². The Labute approximate surface area is 127 Å². The summed E-state index contributed by atoms with van der Waals surface area (Å²) in [5, 5.41) is 0. The quantitative estimate of drug-likeness (QED) is 0.748. The first-order chi connectivity index (χ1) is 10.1. The van der Waals surface area contributed by atoms with Crippen LogP contribution in [0.2, 0.25) is 0 Å². The molecule has 114 valence electrons. The van der Waals surface area contributed by atoms with Crippen molar-refractivity contribution < 1.29 is 9.53 Å². The molecule has 1 saturated carbocycles. The Morgan fingerprint density at radius 1 is 1.24 bits per heavy atom. The van der Waals surface area contributed by atoms with Crippen LogP contribution >= 0.6 is 0 Å². The number of ether oxygens (including phenoxy) is 1. The molecule has 21 heavy (non-hydrogen) atoms. The summed E-state index contributed by atoms with van der Waals surface area (Å²) in [6, 6.07) is 7.71. The van der Waals surface area contributed by atoms with Crippen molar-refractivity contribution in [2.75, 3.05) is 13.1 Å². The van der Waals surface area contributed by atoms with Crippen LogP contribution < -0.4 is 4.74 Å². The molecule has 1 saturated heterocycles. The fourth-order valence-electron chi connectivity index (χ4n) is 3.11. The first-order valence-electron chi connectivity index (χ1n) is 8.20. The maximum absolute atomic E-state index is 12.9. The number of nitrogens with zero attached hydrogens (tertiary/aromatic N) is 1.